The fourth-order valence-corrected chi connectivity index (χ4v) is 4.87. The van der Waals surface area contributed by atoms with Crippen LogP contribution in [0.15, 0.2) is 97.3 Å². The van der Waals surface area contributed by atoms with Crippen LogP contribution in [0.1, 0.15) is 38.9 Å². The maximum absolute atomic E-state index is 13.9. The van der Waals surface area contributed by atoms with E-state index in [1.807, 2.05) is 30.3 Å². The molecule has 2 amide bonds. The number of nitrogens with zero attached hydrogens (tertiary/aromatic N) is 5. The molecular formula is C31H27N5O6. The van der Waals surface area contributed by atoms with Crippen molar-refractivity contribution in [2.24, 2.45) is 0 Å². The molecule has 6 rings (SSSR count). The van der Waals surface area contributed by atoms with E-state index in [0.717, 1.165) is 10.5 Å². The van der Waals surface area contributed by atoms with Crippen LogP contribution in [0.4, 0.5) is 5.82 Å². The Morgan fingerprint density at radius 2 is 1.50 bits per heavy atom. The van der Waals surface area contributed by atoms with E-state index >= 15 is 0 Å². The zero-order valence-corrected chi connectivity index (χ0v) is 22.4. The first kappa shape index (κ1) is 27.2. The highest BCUT2D eigenvalue weighted by Gasteiger charge is 2.38. The van der Waals surface area contributed by atoms with Crippen molar-refractivity contribution in [2.45, 2.75) is 31.5 Å². The predicted molar refractivity (Wildman–Crippen MR) is 152 cm³/mol. The third kappa shape index (κ3) is 5.23. The van der Waals surface area contributed by atoms with Gasteiger partial charge in [0.1, 0.15) is 25.3 Å². The van der Waals surface area contributed by atoms with Crippen molar-refractivity contribution in [1.82, 2.24) is 19.5 Å². The number of carbonyl (C=O) groups excluding carboxylic acids is 2. The summed E-state index contributed by atoms with van der Waals surface area (Å²) in [7, 11) is 0. The van der Waals surface area contributed by atoms with E-state index in [4.69, 9.17) is 9.47 Å². The number of ether oxygens (including phenoxy) is 2. The van der Waals surface area contributed by atoms with Crippen LogP contribution in [-0.2, 0) is 11.3 Å². The zero-order valence-electron chi connectivity index (χ0n) is 22.4. The van der Waals surface area contributed by atoms with Crippen LogP contribution in [0.2, 0.25) is 0 Å². The largest absolute Gasteiger partial charge is 0.460 e. The van der Waals surface area contributed by atoms with E-state index < -0.39 is 30.3 Å². The number of rotatable bonds is 8. The van der Waals surface area contributed by atoms with Gasteiger partial charge in [0.2, 0.25) is 0 Å². The fraction of sp³-hybridized carbons (Fsp3) is 0.194. The first-order valence-electron chi connectivity index (χ1n) is 13.4. The van der Waals surface area contributed by atoms with Gasteiger partial charge in [0.25, 0.3) is 11.8 Å². The summed E-state index contributed by atoms with van der Waals surface area (Å²) in [5.41, 5.74) is 1.79. The van der Waals surface area contributed by atoms with Gasteiger partial charge in [0.15, 0.2) is 17.0 Å². The molecule has 0 radical (unpaired) electrons. The maximum Gasteiger partial charge on any atom is 0.301 e. The average Bonchev–Trinajstić information content (AvgIpc) is 3.61. The molecule has 0 saturated carbocycles. The third-order valence-corrected chi connectivity index (χ3v) is 6.97. The molecule has 0 aliphatic carbocycles. The number of anilines is 1. The Kier molecular flexibility index (Phi) is 7.69. The van der Waals surface area contributed by atoms with Crippen LogP contribution in [0, 0.1) is 0 Å². The molecule has 2 N–H and O–H groups in total. The van der Waals surface area contributed by atoms with E-state index in [9.17, 15) is 19.8 Å². The van der Waals surface area contributed by atoms with Gasteiger partial charge in [-0.3, -0.25) is 14.2 Å². The minimum absolute atomic E-state index is 0.0386. The number of aliphatic hydroxyl groups excluding tert-OH is 2. The molecule has 3 heterocycles. The molecule has 5 aromatic rings. The minimum Gasteiger partial charge on any atom is -0.460 e. The number of aromatic nitrogens is 4. The highest BCUT2D eigenvalue weighted by molar-refractivity contribution is 6.27. The molecule has 11 heteroatoms. The lowest BCUT2D eigenvalue weighted by atomic mass is 10.1. The van der Waals surface area contributed by atoms with Gasteiger partial charge < -0.3 is 19.7 Å². The highest BCUT2D eigenvalue weighted by atomic mass is 16.6. The van der Waals surface area contributed by atoms with Crippen molar-refractivity contribution >= 4 is 28.8 Å². The Bertz CT molecular complexity index is 1650. The van der Waals surface area contributed by atoms with Crippen LogP contribution in [0.25, 0.3) is 11.2 Å². The van der Waals surface area contributed by atoms with Crippen LogP contribution >= 0.6 is 0 Å². The molecule has 0 unspecified atom stereocenters. The number of imidazole rings is 1. The number of hydrogen-bond acceptors (Lipinski definition) is 9. The molecule has 3 atom stereocenters. The SMILES string of the molecule is O=C(c1ccccc1)N(C(=O)c1ccccc1)c1ncnc2c1nc(OCc1ccccc1)n2[C@H]1C[C@H](O)[C@@H](CO)O1. The maximum atomic E-state index is 13.9. The van der Waals surface area contributed by atoms with Crippen LogP contribution in [-0.4, -0.2) is 60.4 Å². The summed E-state index contributed by atoms with van der Waals surface area (Å²) in [6.45, 7) is -0.225. The quantitative estimate of drug-likeness (QED) is 0.270. The van der Waals surface area contributed by atoms with Gasteiger partial charge in [-0.25, -0.2) is 14.9 Å². The van der Waals surface area contributed by atoms with E-state index in [2.05, 4.69) is 15.0 Å². The number of aliphatic hydroxyl groups is 2. The lowest BCUT2D eigenvalue weighted by Gasteiger charge is -2.20. The molecule has 0 bridgehead atoms. The van der Waals surface area contributed by atoms with Gasteiger partial charge in [0, 0.05) is 17.5 Å². The smallest absolute Gasteiger partial charge is 0.301 e. The Balaban J connectivity index is 1.50. The second-order valence-corrected chi connectivity index (χ2v) is 9.70. The fourth-order valence-electron chi connectivity index (χ4n) is 4.87. The van der Waals surface area contributed by atoms with Crippen LogP contribution in [0.5, 0.6) is 6.01 Å². The third-order valence-electron chi connectivity index (χ3n) is 6.97. The molecule has 11 nitrogen and oxygen atoms in total. The predicted octanol–water partition coefficient (Wildman–Crippen LogP) is 3.53. The van der Waals surface area contributed by atoms with Crippen molar-refractivity contribution in [3.8, 4) is 6.01 Å². The number of benzene rings is 3. The number of fused-ring (bicyclic) bond motifs is 1. The number of carbonyl (C=O) groups is 2. The lowest BCUT2D eigenvalue weighted by Crippen LogP contribution is -2.38. The van der Waals surface area contributed by atoms with Gasteiger partial charge in [0.05, 0.1) is 12.7 Å². The molecule has 42 heavy (non-hydrogen) atoms. The summed E-state index contributed by atoms with van der Waals surface area (Å²) >= 11 is 0. The molecule has 0 spiro atoms. The molecule has 1 aliphatic rings. The summed E-state index contributed by atoms with van der Waals surface area (Å²) < 4.78 is 13.6. The second-order valence-electron chi connectivity index (χ2n) is 9.70. The molecule has 1 fully saturated rings. The lowest BCUT2D eigenvalue weighted by molar-refractivity contribution is -0.0456. The van der Waals surface area contributed by atoms with E-state index in [1.165, 1.54) is 6.33 Å². The van der Waals surface area contributed by atoms with E-state index in [-0.39, 0.29) is 53.8 Å². The number of hydrogen-bond donors (Lipinski definition) is 2. The highest BCUT2D eigenvalue weighted by Crippen LogP contribution is 2.37. The van der Waals surface area contributed by atoms with Gasteiger partial charge in [-0.1, -0.05) is 66.7 Å². The minimum atomic E-state index is -0.934. The molecule has 2 aromatic heterocycles. The zero-order chi connectivity index (χ0) is 29.1. The van der Waals surface area contributed by atoms with Gasteiger partial charge in [-0.15, -0.1) is 0 Å². The normalized spacial score (nSPS) is 18.2. The van der Waals surface area contributed by atoms with Crippen molar-refractivity contribution < 1.29 is 29.3 Å². The first-order chi connectivity index (χ1) is 20.5. The number of amides is 2. The molecule has 3 aromatic carbocycles. The van der Waals surface area contributed by atoms with Gasteiger partial charge in [-0.2, -0.15) is 4.98 Å². The molecular weight excluding hydrogens is 538 g/mol. The summed E-state index contributed by atoms with van der Waals surface area (Å²) in [6.07, 6.45) is -1.18. The average molecular weight is 566 g/mol. The molecule has 1 saturated heterocycles. The second kappa shape index (κ2) is 11.9. The monoisotopic (exact) mass is 565 g/mol. The van der Waals surface area contributed by atoms with Crippen molar-refractivity contribution in [1.29, 1.82) is 0 Å². The molecule has 1 aliphatic heterocycles. The standard InChI is InChI=1S/C31H27N5O6/c37-17-24-23(38)16-25(42-24)35-27-26(34-31(35)41-18-20-10-4-1-5-11-20)28(33-19-32-27)36(29(39)21-12-6-2-7-13-21)30(40)22-14-8-3-9-15-22/h1-15,19,23-25,37-38H,16-18H2/t23-,24+,25+/m0/s1. The first-order valence-corrected chi connectivity index (χ1v) is 13.4. The van der Waals surface area contributed by atoms with Crippen LogP contribution < -0.4 is 9.64 Å². The number of imide groups is 1. The topological polar surface area (TPSA) is 140 Å². The molecule has 212 valence electrons. The van der Waals surface area contributed by atoms with Gasteiger partial charge in [-0.05, 0) is 29.8 Å². The van der Waals surface area contributed by atoms with E-state index in [0.29, 0.717) is 0 Å². The summed E-state index contributed by atoms with van der Waals surface area (Å²) in [6, 6.07) is 26.4. The summed E-state index contributed by atoms with van der Waals surface area (Å²) in [4.78, 5) is 42.2. The van der Waals surface area contributed by atoms with Crippen molar-refractivity contribution in [3.05, 3.63) is 114 Å². The Morgan fingerprint density at radius 1 is 0.905 bits per heavy atom. The van der Waals surface area contributed by atoms with Crippen molar-refractivity contribution in [3.63, 3.8) is 0 Å². The summed E-state index contributed by atoms with van der Waals surface area (Å²) in [5, 5.41) is 20.2. The van der Waals surface area contributed by atoms with E-state index in [1.54, 1.807) is 65.2 Å². The van der Waals surface area contributed by atoms with Crippen LogP contribution in [0.3, 0.4) is 0 Å². The Morgan fingerprint density at radius 3 is 2.07 bits per heavy atom. The Labute approximate surface area is 240 Å². The van der Waals surface area contributed by atoms with Crippen molar-refractivity contribution in [2.75, 3.05) is 11.5 Å². The van der Waals surface area contributed by atoms with Gasteiger partial charge >= 0.3 is 6.01 Å². The Hall–Kier alpha value is -4.97. The summed E-state index contributed by atoms with van der Waals surface area (Å²) in [5.74, 6) is -1.24.